The van der Waals surface area contributed by atoms with Gasteiger partial charge in [-0.25, -0.2) is 17.2 Å². The molecule has 0 fully saturated rings. The van der Waals surface area contributed by atoms with Crippen LogP contribution in [0.1, 0.15) is 5.56 Å². The van der Waals surface area contributed by atoms with Gasteiger partial charge in [-0.05, 0) is 30.3 Å². The Bertz CT molecular complexity index is 779. The molecule has 21 heavy (non-hydrogen) atoms. The molecular weight excluding hydrogens is 345 g/mol. The zero-order valence-electron chi connectivity index (χ0n) is 10.3. The van der Waals surface area contributed by atoms with Crippen LogP contribution in [0.5, 0.6) is 5.75 Å². The van der Waals surface area contributed by atoms with E-state index >= 15 is 0 Å². The molecule has 0 aromatic heterocycles. The number of rotatable bonds is 4. The smallest absolute Gasteiger partial charge is 0.261 e. The molecule has 0 radical (unpaired) electrons. The van der Waals surface area contributed by atoms with E-state index in [1.54, 1.807) is 0 Å². The maximum atomic E-state index is 13.4. The second-order valence-corrected chi connectivity index (χ2v) is 7.03. The molecule has 0 saturated carbocycles. The van der Waals surface area contributed by atoms with E-state index in [-0.39, 0.29) is 27.8 Å². The van der Waals surface area contributed by atoms with Gasteiger partial charge < -0.3 is 4.74 Å². The monoisotopic (exact) mass is 352 g/mol. The molecule has 0 heterocycles. The number of halogens is 4. The second kappa shape index (κ2) is 6.17. The highest BCUT2D eigenvalue weighted by Gasteiger charge is 2.13. The summed E-state index contributed by atoms with van der Waals surface area (Å²) in [4.78, 5) is -0.172. The summed E-state index contributed by atoms with van der Waals surface area (Å²) in [7, 11) is 1.29. The maximum absolute atomic E-state index is 13.4. The lowest BCUT2D eigenvalue weighted by molar-refractivity contribution is 0.299. The number of hydrogen-bond acceptors (Lipinski definition) is 3. The van der Waals surface area contributed by atoms with Crippen molar-refractivity contribution in [1.29, 1.82) is 0 Å². The van der Waals surface area contributed by atoms with E-state index in [9.17, 15) is 17.2 Å². The molecule has 2 aromatic rings. The van der Waals surface area contributed by atoms with E-state index in [0.717, 1.165) is 18.2 Å². The summed E-state index contributed by atoms with van der Waals surface area (Å²) in [5.74, 6) is -1.28. The quantitative estimate of drug-likeness (QED) is 0.777. The van der Waals surface area contributed by atoms with E-state index in [0.29, 0.717) is 0 Å². The summed E-state index contributed by atoms with van der Waals surface area (Å²) in [6.07, 6.45) is 0. The minimum absolute atomic E-state index is 0.0132. The molecule has 3 nitrogen and oxygen atoms in total. The molecule has 0 N–H and O–H groups in total. The highest BCUT2D eigenvalue weighted by molar-refractivity contribution is 8.13. The van der Waals surface area contributed by atoms with Crippen LogP contribution in [0.4, 0.5) is 8.78 Å². The molecule has 0 spiro atoms. The Morgan fingerprint density at radius 3 is 2.38 bits per heavy atom. The molecule has 0 saturated heterocycles. The Kier molecular flexibility index (Phi) is 4.70. The van der Waals surface area contributed by atoms with Gasteiger partial charge in [-0.1, -0.05) is 11.6 Å². The van der Waals surface area contributed by atoms with E-state index in [2.05, 4.69) is 0 Å². The van der Waals surface area contributed by atoms with Gasteiger partial charge in [-0.3, -0.25) is 0 Å². The van der Waals surface area contributed by atoms with Crippen molar-refractivity contribution in [1.82, 2.24) is 0 Å². The lowest BCUT2D eigenvalue weighted by Gasteiger charge is -2.09. The third-order valence-electron chi connectivity index (χ3n) is 2.58. The van der Waals surface area contributed by atoms with Crippen LogP contribution in [0.25, 0.3) is 0 Å². The number of hydrogen-bond donors (Lipinski definition) is 0. The van der Waals surface area contributed by atoms with Crippen LogP contribution >= 0.6 is 22.3 Å². The van der Waals surface area contributed by atoms with Crippen molar-refractivity contribution in [3.63, 3.8) is 0 Å². The van der Waals surface area contributed by atoms with Crippen LogP contribution in [0.15, 0.2) is 41.3 Å². The highest BCUT2D eigenvalue weighted by atomic mass is 35.7. The Hall–Kier alpha value is -1.37. The van der Waals surface area contributed by atoms with Crippen LogP contribution in [0.3, 0.4) is 0 Å². The molecule has 0 unspecified atom stereocenters. The lowest BCUT2D eigenvalue weighted by Crippen LogP contribution is -2.00. The number of benzene rings is 2. The first-order valence-corrected chi connectivity index (χ1v) is 8.27. The predicted molar refractivity (Wildman–Crippen MR) is 75.2 cm³/mol. The van der Waals surface area contributed by atoms with Crippen LogP contribution < -0.4 is 4.74 Å². The Labute approximate surface area is 129 Å². The van der Waals surface area contributed by atoms with Gasteiger partial charge in [0.25, 0.3) is 9.05 Å². The zero-order valence-corrected chi connectivity index (χ0v) is 12.6. The van der Waals surface area contributed by atoms with E-state index in [4.69, 9.17) is 27.0 Å². The molecule has 0 aliphatic carbocycles. The third-order valence-corrected chi connectivity index (χ3v) is 4.23. The maximum Gasteiger partial charge on any atom is 0.261 e. The third kappa shape index (κ3) is 4.06. The molecule has 112 valence electrons. The van der Waals surface area contributed by atoms with Gasteiger partial charge in [0, 0.05) is 22.3 Å². The van der Waals surface area contributed by atoms with Crippen molar-refractivity contribution in [3.8, 4) is 5.75 Å². The van der Waals surface area contributed by atoms with Gasteiger partial charge >= 0.3 is 0 Å². The minimum atomic E-state index is -3.89. The second-order valence-electron chi connectivity index (χ2n) is 4.05. The molecule has 0 amide bonds. The summed E-state index contributed by atoms with van der Waals surface area (Å²) in [5.41, 5.74) is 0.140. The molecule has 2 rings (SSSR count). The van der Waals surface area contributed by atoms with Crippen molar-refractivity contribution in [2.45, 2.75) is 11.5 Å². The van der Waals surface area contributed by atoms with Crippen molar-refractivity contribution in [3.05, 3.63) is 58.6 Å². The predicted octanol–water partition coefficient (Wildman–Crippen LogP) is 4.12. The first-order valence-electron chi connectivity index (χ1n) is 5.58. The van der Waals surface area contributed by atoms with Gasteiger partial charge in [0.15, 0.2) is 0 Å². The number of ether oxygens (including phenoxy) is 1. The molecule has 0 bridgehead atoms. The fourth-order valence-corrected chi connectivity index (χ4v) is 2.62. The SMILES string of the molecule is O=S(=O)(Cl)c1ccc(OCc2ccc(F)cc2F)c(Cl)c1. The topological polar surface area (TPSA) is 43.4 Å². The van der Waals surface area contributed by atoms with Crippen molar-refractivity contribution in [2.75, 3.05) is 0 Å². The molecule has 0 atom stereocenters. The Morgan fingerprint density at radius 2 is 1.81 bits per heavy atom. The Morgan fingerprint density at radius 1 is 1.10 bits per heavy atom. The normalized spacial score (nSPS) is 11.4. The molecule has 2 aromatic carbocycles. The summed E-state index contributed by atoms with van der Waals surface area (Å²) >= 11 is 5.86. The Balaban J connectivity index is 2.17. The highest BCUT2D eigenvalue weighted by Crippen LogP contribution is 2.29. The van der Waals surface area contributed by atoms with Crippen molar-refractivity contribution < 1.29 is 21.9 Å². The molecule has 0 aliphatic heterocycles. The van der Waals surface area contributed by atoms with Crippen molar-refractivity contribution in [2.24, 2.45) is 0 Å². The first kappa shape index (κ1) is 16.0. The molecule has 8 heteroatoms. The van der Waals surface area contributed by atoms with Gasteiger partial charge in [0.1, 0.15) is 24.0 Å². The molecular formula is C13H8Cl2F2O3S. The van der Waals surface area contributed by atoms with Crippen LogP contribution in [-0.2, 0) is 15.7 Å². The average molecular weight is 353 g/mol. The molecule has 0 aliphatic rings. The van der Waals surface area contributed by atoms with Gasteiger partial charge in [-0.2, -0.15) is 0 Å². The van der Waals surface area contributed by atoms with Gasteiger partial charge in [0.2, 0.25) is 0 Å². The summed E-state index contributed by atoms with van der Waals surface area (Å²) in [6.45, 7) is -0.182. The fourth-order valence-electron chi connectivity index (χ4n) is 1.54. The average Bonchev–Trinajstić information content (AvgIpc) is 2.38. The summed E-state index contributed by atoms with van der Waals surface area (Å²) < 4.78 is 53.7. The van der Waals surface area contributed by atoms with Crippen LogP contribution in [0, 0.1) is 11.6 Å². The van der Waals surface area contributed by atoms with E-state index < -0.39 is 20.7 Å². The van der Waals surface area contributed by atoms with E-state index in [1.165, 1.54) is 18.2 Å². The lowest BCUT2D eigenvalue weighted by atomic mass is 10.2. The van der Waals surface area contributed by atoms with Crippen LogP contribution in [-0.4, -0.2) is 8.42 Å². The van der Waals surface area contributed by atoms with Crippen LogP contribution in [0.2, 0.25) is 5.02 Å². The fraction of sp³-hybridized carbons (Fsp3) is 0.0769. The van der Waals surface area contributed by atoms with Gasteiger partial charge in [0.05, 0.1) is 9.92 Å². The largest absolute Gasteiger partial charge is 0.487 e. The van der Waals surface area contributed by atoms with Gasteiger partial charge in [-0.15, -0.1) is 0 Å². The first-order chi connectivity index (χ1) is 9.77. The summed E-state index contributed by atoms with van der Waals surface area (Å²) in [5, 5.41) is 0.0132. The minimum Gasteiger partial charge on any atom is -0.487 e. The summed E-state index contributed by atoms with van der Waals surface area (Å²) in [6, 6.07) is 6.73. The van der Waals surface area contributed by atoms with E-state index in [1.807, 2.05) is 0 Å². The standard InChI is InChI=1S/C13H8Cl2F2O3S/c14-11-6-10(21(15,18)19)3-4-13(11)20-7-8-1-2-9(16)5-12(8)17/h1-6H,7H2. The van der Waals surface area contributed by atoms with Crippen molar-refractivity contribution >= 4 is 31.3 Å². The zero-order chi connectivity index (χ0) is 15.6.